The van der Waals surface area contributed by atoms with Crippen molar-refractivity contribution in [2.24, 2.45) is 0 Å². The van der Waals surface area contributed by atoms with Crippen LogP contribution in [0.15, 0.2) is 87.7 Å². The van der Waals surface area contributed by atoms with Crippen LogP contribution in [-0.2, 0) is 4.79 Å². The van der Waals surface area contributed by atoms with E-state index in [4.69, 9.17) is 44.3 Å². The quantitative estimate of drug-likeness (QED) is 0.172. The topological polar surface area (TPSA) is 80.3 Å². The van der Waals surface area contributed by atoms with Gasteiger partial charge in [0.25, 0.3) is 0 Å². The van der Waals surface area contributed by atoms with E-state index in [1.165, 1.54) is 24.3 Å². The highest BCUT2D eigenvalue weighted by atomic mass is 35.5. The second-order valence-corrected chi connectivity index (χ2v) is 9.06. The second kappa shape index (κ2) is 10.6. The van der Waals surface area contributed by atoms with Gasteiger partial charge < -0.3 is 14.2 Å². The molecule has 0 aliphatic heterocycles. The van der Waals surface area contributed by atoms with Gasteiger partial charge in [-0.15, -0.1) is 0 Å². The Balaban J connectivity index is 1.21. The minimum atomic E-state index is -0.450. The minimum absolute atomic E-state index is 0.0978. The first-order valence-electron chi connectivity index (χ1n) is 10.9. The number of oxazole rings is 1. The Morgan fingerprint density at radius 1 is 0.973 bits per heavy atom. The molecule has 2 aromatic heterocycles. The minimum Gasteiger partial charge on any atom is -0.457 e. The molecule has 3 aromatic carbocycles. The number of halogens is 3. The second-order valence-electron chi connectivity index (χ2n) is 7.81. The Hall–Kier alpha value is -3.98. The van der Waals surface area contributed by atoms with Gasteiger partial charge in [0.15, 0.2) is 10.7 Å². The van der Waals surface area contributed by atoms with Crippen molar-refractivity contribution in [1.29, 1.82) is 0 Å². The standard InChI is InChI=1S/C27H16Cl2FN3O3S/c28-16-3-1-15(2-4-16)23-11-7-19(35-23)8-12-25(34)33-27(37)31-18-6-10-24-22(14-18)32-26(36-24)20-9-5-17(30)13-21(20)29/h1-14H,(H2,31,33,34,37). The maximum Gasteiger partial charge on any atom is 0.250 e. The van der Waals surface area contributed by atoms with Crippen molar-refractivity contribution in [3.63, 3.8) is 0 Å². The largest absolute Gasteiger partial charge is 0.457 e. The van der Waals surface area contributed by atoms with Crippen molar-refractivity contribution in [2.45, 2.75) is 0 Å². The summed E-state index contributed by atoms with van der Waals surface area (Å²) >= 11 is 17.3. The summed E-state index contributed by atoms with van der Waals surface area (Å²) in [6, 6.07) is 19.9. The van der Waals surface area contributed by atoms with Gasteiger partial charge in [0, 0.05) is 22.3 Å². The van der Waals surface area contributed by atoms with Crippen LogP contribution in [0.1, 0.15) is 5.76 Å². The van der Waals surface area contributed by atoms with E-state index in [-0.39, 0.29) is 16.0 Å². The number of carbonyl (C=O) groups excluding carboxylic acids is 1. The van der Waals surface area contributed by atoms with E-state index < -0.39 is 11.7 Å². The molecule has 37 heavy (non-hydrogen) atoms. The number of carbonyl (C=O) groups is 1. The number of rotatable bonds is 5. The molecule has 1 amide bonds. The number of nitrogens with one attached hydrogen (secondary N) is 2. The van der Waals surface area contributed by atoms with Crippen LogP contribution in [0, 0.1) is 5.82 Å². The molecule has 0 fully saturated rings. The zero-order valence-electron chi connectivity index (χ0n) is 18.8. The van der Waals surface area contributed by atoms with E-state index in [2.05, 4.69) is 15.6 Å². The molecule has 184 valence electrons. The Kier molecular flexibility index (Phi) is 7.05. The molecule has 5 rings (SSSR count). The van der Waals surface area contributed by atoms with Crippen LogP contribution in [-0.4, -0.2) is 16.0 Å². The van der Waals surface area contributed by atoms with Crippen LogP contribution in [0.25, 0.3) is 40.0 Å². The Morgan fingerprint density at radius 3 is 2.57 bits per heavy atom. The summed E-state index contributed by atoms with van der Waals surface area (Å²) in [7, 11) is 0. The van der Waals surface area contributed by atoms with Gasteiger partial charge in [0.05, 0.1) is 10.6 Å². The zero-order chi connectivity index (χ0) is 25.9. The van der Waals surface area contributed by atoms with Gasteiger partial charge in [-0.05, 0) is 91.1 Å². The van der Waals surface area contributed by atoms with E-state index in [1.807, 2.05) is 18.2 Å². The molecule has 0 aliphatic rings. The van der Waals surface area contributed by atoms with E-state index in [0.29, 0.717) is 38.9 Å². The Bertz CT molecular complexity index is 1660. The average Bonchev–Trinajstić information content (AvgIpc) is 3.50. The number of hydrogen-bond donors (Lipinski definition) is 2. The van der Waals surface area contributed by atoms with Crippen molar-refractivity contribution in [3.8, 4) is 22.8 Å². The van der Waals surface area contributed by atoms with Crippen LogP contribution in [0.4, 0.5) is 10.1 Å². The van der Waals surface area contributed by atoms with Crippen LogP contribution in [0.2, 0.25) is 10.0 Å². The lowest BCUT2D eigenvalue weighted by Gasteiger charge is -2.07. The number of amides is 1. The Labute approximate surface area is 225 Å². The highest BCUT2D eigenvalue weighted by molar-refractivity contribution is 7.80. The molecule has 0 atom stereocenters. The summed E-state index contributed by atoms with van der Waals surface area (Å²) in [6.07, 6.45) is 2.86. The first-order valence-corrected chi connectivity index (χ1v) is 12.0. The number of fused-ring (bicyclic) bond motifs is 1. The number of anilines is 1. The fraction of sp³-hybridized carbons (Fsp3) is 0. The molecule has 2 heterocycles. The number of nitrogens with zero attached hydrogens (tertiary/aromatic N) is 1. The number of benzene rings is 3. The maximum atomic E-state index is 13.3. The molecule has 2 N–H and O–H groups in total. The smallest absolute Gasteiger partial charge is 0.250 e. The fourth-order valence-electron chi connectivity index (χ4n) is 3.47. The summed E-state index contributed by atoms with van der Waals surface area (Å²) in [4.78, 5) is 16.7. The van der Waals surface area contributed by atoms with Gasteiger partial charge in [0.2, 0.25) is 11.8 Å². The molecule has 10 heteroatoms. The van der Waals surface area contributed by atoms with Crippen molar-refractivity contribution in [2.75, 3.05) is 5.32 Å². The van der Waals surface area contributed by atoms with Crippen molar-refractivity contribution < 1.29 is 18.0 Å². The van der Waals surface area contributed by atoms with Gasteiger partial charge in [0.1, 0.15) is 22.9 Å². The maximum absolute atomic E-state index is 13.3. The third-order valence-electron chi connectivity index (χ3n) is 5.20. The predicted octanol–water partition coefficient (Wildman–Crippen LogP) is 7.73. The van der Waals surface area contributed by atoms with Crippen LogP contribution in [0.5, 0.6) is 0 Å². The number of aromatic nitrogens is 1. The number of furan rings is 1. The van der Waals surface area contributed by atoms with Gasteiger partial charge in [-0.25, -0.2) is 9.37 Å². The molecule has 0 unspecified atom stereocenters. The van der Waals surface area contributed by atoms with Gasteiger partial charge >= 0.3 is 0 Å². The first kappa shape index (κ1) is 24.7. The lowest BCUT2D eigenvalue weighted by Crippen LogP contribution is -2.32. The molecule has 6 nitrogen and oxygen atoms in total. The fourth-order valence-corrected chi connectivity index (χ4v) is 4.06. The summed E-state index contributed by atoms with van der Waals surface area (Å²) in [6.45, 7) is 0. The van der Waals surface area contributed by atoms with Crippen molar-refractivity contribution >= 4 is 69.3 Å². The summed E-state index contributed by atoms with van der Waals surface area (Å²) in [5.74, 6) is 0.538. The summed E-state index contributed by atoms with van der Waals surface area (Å²) in [5, 5.41) is 6.44. The molecule has 5 aromatic rings. The van der Waals surface area contributed by atoms with E-state index in [0.717, 1.165) is 5.56 Å². The zero-order valence-corrected chi connectivity index (χ0v) is 21.1. The lowest BCUT2D eigenvalue weighted by atomic mass is 10.2. The van der Waals surface area contributed by atoms with Gasteiger partial charge in [-0.2, -0.15) is 0 Å². The highest BCUT2D eigenvalue weighted by Gasteiger charge is 2.13. The van der Waals surface area contributed by atoms with Crippen LogP contribution < -0.4 is 10.6 Å². The molecule has 0 spiro atoms. The van der Waals surface area contributed by atoms with Gasteiger partial charge in [-0.3, -0.25) is 10.1 Å². The third-order valence-corrected chi connectivity index (χ3v) is 5.97. The predicted molar refractivity (Wildman–Crippen MR) is 147 cm³/mol. The van der Waals surface area contributed by atoms with Crippen molar-refractivity contribution in [3.05, 3.63) is 100 Å². The molecular weight excluding hydrogens is 536 g/mol. The van der Waals surface area contributed by atoms with Crippen LogP contribution >= 0.6 is 35.4 Å². The normalized spacial score (nSPS) is 11.2. The Morgan fingerprint density at radius 2 is 1.78 bits per heavy atom. The van der Waals surface area contributed by atoms with E-state index >= 15 is 0 Å². The molecule has 0 saturated carbocycles. The number of thiocarbonyl (C=S) groups is 1. The van der Waals surface area contributed by atoms with Crippen molar-refractivity contribution in [1.82, 2.24) is 10.3 Å². The lowest BCUT2D eigenvalue weighted by molar-refractivity contribution is -0.115. The molecule has 0 aliphatic carbocycles. The SMILES string of the molecule is O=C(C=Cc1ccc(-c2ccc(Cl)cc2)o1)NC(=S)Nc1ccc2oc(-c3ccc(F)cc3Cl)nc2c1. The monoisotopic (exact) mass is 551 g/mol. The molecule has 0 radical (unpaired) electrons. The van der Waals surface area contributed by atoms with E-state index in [9.17, 15) is 9.18 Å². The van der Waals surface area contributed by atoms with E-state index in [1.54, 1.807) is 42.5 Å². The van der Waals surface area contributed by atoms with Gasteiger partial charge in [-0.1, -0.05) is 23.2 Å². The molecule has 0 saturated heterocycles. The molecule has 0 bridgehead atoms. The first-order chi connectivity index (χ1) is 17.8. The average molecular weight is 552 g/mol. The third kappa shape index (κ3) is 5.89. The summed E-state index contributed by atoms with van der Waals surface area (Å²) < 4.78 is 24.8. The molecular formula is C27H16Cl2FN3O3S. The van der Waals surface area contributed by atoms with Crippen LogP contribution in [0.3, 0.4) is 0 Å². The summed E-state index contributed by atoms with van der Waals surface area (Å²) in [5.41, 5.74) is 2.97. The highest BCUT2D eigenvalue weighted by Crippen LogP contribution is 2.31. The number of hydrogen-bond acceptors (Lipinski definition) is 5.